The molecule has 0 radical (unpaired) electrons. The first kappa shape index (κ1) is 12.8. The predicted molar refractivity (Wildman–Crippen MR) is 66.8 cm³/mol. The van der Waals surface area contributed by atoms with Crippen LogP contribution in [-0.2, 0) is 4.79 Å². The summed E-state index contributed by atoms with van der Waals surface area (Å²) in [6.07, 6.45) is 7.44. The van der Waals surface area contributed by atoms with E-state index in [1.165, 1.54) is 19.3 Å². The number of nitrogens with zero attached hydrogens (tertiary/aromatic N) is 1. The Balaban J connectivity index is 1.83. The second kappa shape index (κ2) is 4.94. The largest absolute Gasteiger partial charge is 0.480 e. The van der Waals surface area contributed by atoms with Crippen molar-refractivity contribution in [2.45, 2.75) is 56.5 Å². The lowest BCUT2D eigenvalue weighted by Gasteiger charge is -2.36. The van der Waals surface area contributed by atoms with Crippen molar-refractivity contribution in [2.24, 2.45) is 11.7 Å². The molecule has 17 heavy (non-hydrogen) atoms. The molecule has 2 saturated carbocycles. The maximum atomic E-state index is 11.2. The molecule has 0 aliphatic heterocycles. The summed E-state index contributed by atoms with van der Waals surface area (Å²) >= 11 is 0. The van der Waals surface area contributed by atoms with Gasteiger partial charge in [-0.2, -0.15) is 0 Å². The van der Waals surface area contributed by atoms with Gasteiger partial charge in [0, 0.05) is 6.04 Å². The van der Waals surface area contributed by atoms with Gasteiger partial charge >= 0.3 is 5.97 Å². The van der Waals surface area contributed by atoms with Gasteiger partial charge in [0.05, 0.1) is 0 Å². The molecule has 98 valence electrons. The van der Waals surface area contributed by atoms with Crippen LogP contribution >= 0.6 is 0 Å². The van der Waals surface area contributed by atoms with E-state index < -0.39 is 11.5 Å². The van der Waals surface area contributed by atoms with Crippen molar-refractivity contribution in [3.63, 3.8) is 0 Å². The molecule has 0 aromatic heterocycles. The highest BCUT2D eigenvalue weighted by Crippen LogP contribution is 2.36. The Morgan fingerprint density at radius 2 is 2.12 bits per heavy atom. The van der Waals surface area contributed by atoms with E-state index in [0.29, 0.717) is 6.42 Å². The Hall–Kier alpha value is -0.610. The van der Waals surface area contributed by atoms with Crippen molar-refractivity contribution >= 4 is 5.97 Å². The third kappa shape index (κ3) is 2.47. The number of carbonyl (C=O) groups is 1. The molecule has 2 unspecified atom stereocenters. The highest BCUT2D eigenvalue weighted by atomic mass is 16.4. The van der Waals surface area contributed by atoms with E-state index in [9.17, 15) is 9.90 Å². The molecule has 2 rings (SSSR count). The highest BCUT2D eigenvalue weighted by Gasteiger charge is 2.45. The summed E-state index contributed by atoms with van der Waals surface area (Å²) in [5.41, 5.74) is 5.08. The molecule has 0 aromatic carbocycles. The van der Waals surface area contributed by atoms with Crippen molar-refractivity contribution < 1.29 is 9.90 Å². The maximum Gasteiger partial charge on any atom is 0.323 e. The molecule has 2 atom stereocenters. The minimum Gasteiger partial charge on any atom is -0.480 e. The number of carboxylic acids is 1. The number of aliphatic carboxylic acids is 1. The Morgan fingerprint density at radius 1 is 1.41 bits per heavy atom. The normalized spacial score (nSPS) is 33.9. The number of carboxylic acid groups (broad SMARTS) is 1. The average Bonchev–Trinajstić information content (AvgIpc) is 2.55. The van der Waals surface area contributed by atoms with Crippen LogP contribution in [0.4, 0.5) is 0 Å². The molecule has 4 nitrogen and oxygen atoms in total. The first-order chi connectivity index (χ1) is 8.04. The first-order valence-electron chi connectivity index (χ1n) is 6.76. The van der Waals surface area contributed by atoms with Crippen LogP contribution in [-0.4, -0.2) is 41.1 Å². The Labute approximate surface area is 103 Å². The van der Waals surface area contributed by atoms with E-state index in [-0.39, 0.29) is 5.92 Å². The van der Waals surface area contributed by atoms with E-state index in [1.807, 2.05) is 0 Å². The molecule has 2 aliphatic carbocycles. The summed E-state index contributed by atoms with van der Waals surface area (Å²) in [7, 11) is 2.15. The fraction of sp³-hybridized carbons (Fsp3) is 0.923. The molecule has 4 heteroatoms. The van der Waals surface area contributed by atoms with Gasteiger partial charge in [-0.05, 0) is 51.6 Å². The number of rotatable bonds is 5. The van der Waals surface area contributed by atoms with Crippen LogP contribution in [0.3, 0.4) is 0 Å². The highest BCUT2D eigenvalue weighted by molar-refractivity contribution is 5.79. The lowest BCUT2D eigenvalue weighted by atomic mass is 9.85. The molecule has 3 N–H and O–H groups in total. The molecular formula is C13H24N2O2. The van der Waals surface area contributed by atoms with Gasteiger partial charge in [-0.25, -0.2) is 0 Å². The predicted octanol–water partition coefficient (Wildman–Crippen LogP) is 1.44. The zero-order chi connectivity index (χ0) is 12.5. The SMILES string of the molecule is CN(CCC1CCCC1(N)C(=O)O)C1CCC1. The standard InChI is InChI=1S/C13H24N2O2/c1-15(11-5-2-6-11)9-7-10-4-3-8-13(10,14)12(16)17/h10-11H,2-9,14H2,1H3,(H,16,17). The Morgan fingerprint density at radius 3 is 2.65 bits per heavy atom. The monoisotopic (exact) mass is 240 g/mol. The number of hydrogen-bond acceptors (Lipinski definition) is 3. The van der Waals surface area contributed by atoms with Gasteiger partial charge in [0.2, 0.25) is 0 Å². The van der Waals surface area contributed by atoms with Crippen molar-refractivity contribution in [1.82, 2.24) is 4.90 Å². The molecule has 0 amide bonds. The molecule has 0 saturated heterocycles. The van der Waals surface area contributed by atoms with Gasteiger partial charge < -0.3 is 15.7 Å². The van der Waals surface area contributed by atoms with E-state index in [1.54, 1.807) is 0 Å². The lowest BCUT2D eigenvalue weighted by molar-refractivity contribution is -0.144. The number of nitrogens with two attached hydrogens (primary N) is 1. The summed E-state index contributed by atoms with van der Waals surface area (Å²) < 4.78 is 0. The molecule has 0 aromatic rings. The zero-order valence-corrected chi connectivity index (χ0v) is 10.7. The Kier molecular flexibility index (Phi) is 3.73. The van der Waals surface area contributed by atoms with E-state index in [2.05, 4.69) is 11.9 Å². The zero-order valence-electron chi connectivity index (χ0n) is 10.7. The van der Waals surface area contributed by atoms with Gasteiger partial charge in [-0.3, -0.25) is 4.79 Å². The smallest absolute Gasteiger partial charge is 0.323 e. The van der Waals surface area contributed by atoms with Crippen molar-refractivity contribution in [3.05, 3.63) is 0 Å². The summed E-state index contributed by atoms with van der Waals surface area (Å²) in [4.78, 5) is 13.6. The van der Waals surface area contributed by atoms with Crippen molar-refractivity contribution in [1.29, 1.82) is 0 Å². The van der Waals surface area contributed by atoms with Crippen LogP contribution in [0.5, 0.6) is 0 Å². The van der Waals surface area contributed by atoms with Gasteiger partial charge in [0.15, 0.2) is 0 Å². The summed E-state index contributed by atoms with van der Waals surface area (Å²) in [6, 6.07) is 0.730. The van der Waals surface area contributed by atoms with E-state index in [0.717, 1.165) is 31.8 Å². The maximum absolute atomic E-state index is 11.2. The molecular weight excluding hydrogens is 216 g/mol. The minimum atomic E-state index is -0.958. The van der Waals surface area contributed by atoms with Crippen LogP contribution in [0.1, 0.15) is 44.9 Å². The van der Waals surface area contributed by atoms with Crippen LogP contribution in [0, 0.1) is 5.92 Å². The van der Waals surface area contributed by atoms with Crippen molar-refractivity contribution in [2.75, 3.05) is 13.6 Å². The van der Waals surface area contributed by atoms with Crippen LogP contribution in [0.15, 0.2) is 0 Å². The van der Waals surface area contributed by atoms with Crippen LogP contribution in [0.25, 0.3) is 0 Å². The fourth-order valence-corrected chi connectivity index (χ4v) is 3.16. The fourth-order valence-electron chi connectivity index (χ4n) is 3.16. The topological polar surface area (TPSA) is 66.6 Å². The van der Waals surface area contributed by atoms with Gasteiger partial charge in [-0.15, -0.1) is 0 Å². The average molecular weight is 240 g/mol. The van der Waals surface area contributed by atoms with Crippen LogP contribution in [0.2, 0.25) is 0 Å². The second-order valence-corrected chi connectivity index (χ2v) is 5.79. The minimum absolute atomic E-state index is 0.155. The molecule has 0 heterocycles. The van der Waals surface area contributed by atoms with E-state index >= 15 is 0 Å². The summed E-state index contributed by atoms with van der Waals surface area (Å²) in [5, 5.41) is 9.24. The summed E-state index contributed by atoms with van der Waals surface area (Å²) in [5.74, 6) is -0.658. The Bertz CT molecular complexity index is 291. The third-order valence-corrected chi connectivity index (χ3v) is 4.80. The molecule has 0 spiro atoms. The first-order valence-corrected chi connectivity index (χ1v) is 6.76. The molecule has 2 fully saturated rings. The summed E-state index contributed by atoms with van der Waals surface area (Å²) in [6.45, 7) is 0.988. The lowest BCUT2D eigenvalue weighted by Crippen LogP contribution is -2.51. The van der Waals surface area contributed by atoms with Gasteiger partial charge in [0.25, 0.3) is 0 Å². The van der Waals surface area contributed by atoms with Gasteiger partial charge in [-0.1, -0.05) is 12.8 Å². The molecule has 0 bridgehead atoms. The van der Waals surface area contributed by atoms with E-state index in [4.69, 9.17) is 5.73 Å². The number of hydrogen-bond donors (Lipinski definition) is 2. The quantitative estimate of drug-likeness (QED) is 0.763. The van der Waals surface area contributed by atoms with Crippen molar-refractivity contribution in [3.8, 4) is 0 Å². The van der Waals surface area contributed by atoms with Gasteiger partial charge in [0.1, 0.15) is 5.54 Å². The van der Waals surface area contributed by atoms with Crippen LogP contribution < -0.4 is 5.73 Å². The third-order valence-electron chi connectivity index (χ3n) is 4.80. The second-order valence-electron chi connectivity index (χ2n) is 5.79. The molecule has 2 aliphatic rings.